The van der Waals surface area contributed by atoms with Gasteiger partial charge in [0.25, 0.3) is 0 Å². The lowest BCUT2D eigenvalue weighted by Gasteiger charge is -2.40. The molecule has 1 aliphatic heterocycles. The Morgan fingerprint density at radius 3 is 2.63 bits per heavy atom. The summed E-state index contributed by atoms with van der Waals surface area (Å²) in [7, 11) is 0. The van der Waals surface area contributed by atoms with Crippen molar-refractivity contribution in [1.29, 1.82) is 0 Å². The lowest BCUT2D eigenvalue weighted by Crippen LogP contribution is -2.43. The van der Waals surface area contributed by atoms with Crippen LogP contribution in [0.15, 0.2) is 0 Å². The number of halogens is 1. The number of likely N-dealkylation sites (tertiary alicyclic amines) is 1. The molecule has 2 fully saturated rings. The molecule has 0 spiro atoms. The van der Waals surface area contributed by atoms with Crippen molar-refractivity contribution < 1.29 is 4.79 Å². The van der Waals surface area contributed by atoms with Crippen LogP contribution < -0.4 is 0 Å². The van der Waals surface area contributed by atoms with Crippen LogP contribution in [0.5, 0.6) is 0 Å². The first-order chi connectivity index (χ1) is 9.19. The van der Waals surface area contributed by atoms with E-state index in [1.54, 1.807) is 0 Å². The summed E-state index contributed by atoms with van der Waals surface area (Å²) in [6.07, 6.45) is 10.9. The monoisotopic (exact) mass is 329 g/mol. The fourth-order valence-corrected chi connectivity index (χ4v) is 4.45. The van der Waals surface area contributed by atoms with Crippen LogP contribution in [0, 0.1) is 11.3 Å². The van der Waals surface area contributed by atoms with E-state index >= 15 is 0 Å². The quantitative estimate of drug-likeness (QED) is 0.701. The molecule has 1 saturated heterocycles. The fourth-order valence-electron chi connectivity index (χ4n) is 3.71. The van der Waals surface area contributed by atoms with E-state index in [9.17, 15) is 4.79 Å². The SMILES string of the molecule is CCC1CCC(=O)N(CC2(CBr)CCCCC2)CC1. The Balaban J connectivity index is 1.97. The standard InChI is InChI=1S/C16H28BrNO/c1-2-14-6-7-15(19)18(11-8-14)13-16(12-17)9-4-3-5-10-16/h14H,2-13H2,1H3. The third-order valence-electron chi connectivity index (χ3n) is 5.23. The topological polar surface area (TPSA) is 20.3 Å². The highest BCUT2D eigenvalue weighted by Gasteiger charge is 2.35. The zero-order valence-electron chi connectivity index (χ0n) is 12.3. The Labute approximate surface area is 126 Å². The molecule has 0 bridgehead atoms. The highest BCUT2D eigenvalue weighted by Crippen LogP contribution is 2.39. The van der Waals surface area contributed by atoms with Gasteiger partial charge in [-0.3, -0.25) is 4.79 Å². The summed E-state index contributed by atoms with van der Waals surface area (Å²) in [4.78, 5) is 14.5. The Kier molecular flexibility index (Phi) is 5.73. The number of carbonyl (C=O) groups excluding carboxylic acids is 1. The number of amides is 1. The molecular formula is C16H28BrNO. The molecule has 3 heteroatoms. The van der Waals surface area contributed by atoms with E-state index in [0.717, 1.165) is 37.2 Å². The Morgan fingerprint density at radius 2 is 2.00 bits per heavy atom. The van der Waals surface area contributed by atoms with E-state index < -0.39 is 0 Å². The van der Waals surface area contributed by atoms with E-state index in [-0.39, 0.29) is 0 Å². The molecule has 0 aromatic heterocycles. The minimum Gasteiger partial charge on any atom is -0.342 e. The van der Waals surface area contributed by atoms with Gasteiger partial charge in [0.1, 0.15) is 0 Å². The van der Waals surface area contributed by atoms with Gasteiger partial charge >= 0.3 is 0 Å². The van der Waals surface area contributed by atoms with Crippen molar-refractivity contribution in [3.05, 3.63) is 0 Å². The lowest BCUT2D eigenvalue weighted by atomic mass is 9.75. The van der Waals surface area contributed by atoms with Gasteiger partial charge < -0.3 is 4.90 Å². The van der Waals surface area contributed by atoms with Crippen molar-refractivity contribution in [3.8, 4) is 0 Å². The van der Waals surface area contributed by atoms with Crippen LogP contribution in [0.1, 0.15) is 64.7 Å². The van der Waals surface area contributed by atoms with E-state index in [1.165, 1.54) is 44.9 Å². The molecule has 1 aliphatic carbocycles. The molecule has 2 aliphatic rings. The molecule has 1 atom stereocenters. The third kappa shape index (κ3) is 3.96. The molecule has 0 radical (unpaired) electrons. The minimum absolute atomic E-state index is 0.361. The second kappa shape index (κ2) is 7.10. The minimum atomic E-state index is 0.361. The molecule has 2 rings (SSSR count). The first-order valence-electron chi connectivity index (χ1n) is 8.03. The van der Waals surface area contributed by atoms with E-state index in [2.05, 4.69) is 27.8 Å². The Hall–Kier alpha value is -0.0500. The van der Waals surface area contributed by atoms with Gasteiger partial charge in [0.15, 0.2) is 0 Å². The molecule has 0 aromatic carbocycles. The number of hydrogen-bond acceptors (Lipinski definition) is 1. The van der Waals surface area contributed by atoms with E-state index in [1.807, 2.05) is 0 Å². The van der Waals surface area contributed by atoms with Crippen molar-refractivity contribution in [2.24, 2.45) is 11.3 Å². The van der Waals surface area contributed by atoms with Gasteiger partial charge in [-0.2, -0.15) is 0 Å². The number of rotatable bonds is 4. The zero-order valence-corrected chi connectivity index (χ0v) is 13.9. The molecule has 1 amide bonds. The van der Waals surface area contributed by atoms with Crippen LogP contribution in [-0.4, -0.2) is 29.2 Å². The molecule has 110 valence electrons. The molecule has 1 unspecified atom stereocenters. The van der Waals surface area contributed by atoms with E-state index in [4.69, 9.17) is 0 Å². The maximum absolute atomic E-state index is 12.3. The van der Waals surface area contributed by atoms with Gasteiger partial charge in [-0.25, -0.2) is 0 Å². The van der Waals surface area contributed by atoms with Crippen LogP contribution in [0.2, 0.25) is 0 Å². The van der Waals surface area contributed by atoms with Crippen LogP contribution in [0.25, 0.3) is 0 Å². The third-order valence-corrected chi connectivity index (χ3v) is 6.42. The van der Waals surface area contributed by atoms with Gasteiger partial charge in [0.2, 0.25) is 5.91 Å². The maximum atomic E-state index is 12.3. The number of alkyl halides is 1. The van der Waals surface area contributed by atoms with Gasteiger partial charge in [-0.15, -0.1) is 0 Å². The molecule has 1 saturated carbocycles. The van der Waals surface area contributed by atoms with Crippen LogP contribution in [-0.2, 0) is 4.79 Å². The average Bonchev–Trinajstić information content (AvgIpc) is 2.63. The van der Waals surface area contributed by atoms with Gasteiger partial charge in [-0.05, 0) is 37.0 Å². The summed E-state index contributed by atoms with van der Waals surface area (Å²) in [6, 6.07) is 0. The first kappa shape index (κ1) is 15.3. The Morgan fingerprint density at radius 1 is 1.26 bits per heavy atom. The second-order valence-electron chi connectivity index (χ2n) is 6.61. The van der Waals surface area contributed by atoms with Crippen LogP contribution >= 0.6 is 15.9 Å². The van der Waals surface area contributed by atoms with Crippen molar-refractivity contribution in [1.82, 2.24) is 4.90 Å². The predicted molar refractivity (Wildman–Crippen MR) is 83.5 cm³/mol. The highest BCUT2D eigenvalue weighted by atomic mass is 79.9. The normalized spacial score (nSPS) is 28.2. The number of nitrogens with zero attached hydrogens (tertiary/aromatic N) is 1. The van der Waals surface area contributed by atoms with Crippen molar-refractivity contribution in [2.45, 2.75) is 64.7 Å². The van der Waals surface area contributed by atoms with Gasteiger partial charge in [0, 0.05) is 24.8 Å². The molecule has 0 N–H and O–H groups in total. The summed E-state index contributed by atoms with van der Waals surface area (Å²) >= 11 is 3.72. The number of hydrogen-bond donors (Lipinski definition) is 0. The first-order valence-corrected chi connectivity index (χ1v) is 9.15. The number of carbonyl (C=O) groups is 1. The molecular weight excluding hydrogens is 302 g/mol. The summed E-state index contributed by atoms with van der Waals surface area (Å²) in [5, 5.41) is 1.06. The summed E-state index contributed by atoms with van der Waals surface area (Å²) in [5.41, 5.74) is 0.361. The Bertz CT molecular complexity index is 299. The van der Waals surface area contributed by atoms with Crippen LogP contribution in [0.4, 0.5) is 0 Å². The second-order valence-corrected chi connectivity index (χ2v) is 7.17. The lowest BCUT2D eigenvalue weighted by molar-refractivity contribution is -0.132. The maximum Gasteiger partial charge on any atom is 0.222 e. The smallest absolute Gasteiger partial charge is 0.222 e. The molecule has 2 nitrogen and oxygen atoms in total. The molecule has 0 aromatic rings. The average molecular weight is 330 g/mol. The summed E-state index contributed by atoms with van der Waals surface area (Å²) in [6.45, 7) is 4.24. The largest absolute Gasteiger partial charge is 0.342 e. The van der Waals surface area contributed by atoms with Crippen molar-refractivity contribution in [3.63, 3.8) is 0 Å². The fraction of sp³-hybridized carbons (Fsp3) is 0.938. The van der Waals surface area contributed by atoms with Crippen LogP contribution in [0.3, 0.4) is 0 Å². The van der Waals surface area contributed by atoms with E-state index in [0.29, 0.717) is 11.3 Å². The highest BCUT2D eigenvalue weighted by molar-refractivity contribution is 9.09. The van der Waals surface area contributed by atoms with Gasteiger partial charge in [-0.1, -0.05) is 48.5 Å². The van der Waals surface area contributed by atoms with Crippen molar-refractivity contribution >= 4 is 21.8 Å². The predicted octanol–water partition coefficient (Wildman–Crippen LogP) is 4.37. The molecule has 1 heterocycles. The zero-order chi connectivity index (χ0) is 13.7. The van der Waals surface area contributed by atoms with Crippen molar-refractivity contribution in [2.75, 3.05) is 18.4 Å². The summed E-state index contributed by atoms with van der Waals surface area (Å²) < 4.78 is 0. The molecule has 19 heavy (non-hydrogen) atoms. The summed E-state index contributed by atoms with van der Waals surface area (Å²) in [5.74, 6) is 1.17. The van der Waals surface area contributed by atoms with Gasteiger partial charge in [0.05, 0.1) is 0 Å².